The molecule has 0 aliphatic heterocycles. The molecule has 0 unspecified atom stereocenters. The minimum Gasteiger partial charge on any atom is -0.482 e. The summed E-state index contributed by atoms with van der Waals surface area (Å²) in [5.74, 6) is -1.20. The molecule has 2 rings (SSSR count). The molecule has 108 valence electrons. The highest BCUT2D eigenvalue weighted by atomic mass is 16.5. The SMILES string of the molecule is Cc1cccc(NC(=O)COc2cncc(C(=O)O)c2)c1. The molecule has 1 aromatic heterocycles. The van der Waals surface area contributed by atoms with Crippen LogP contribution in [0.25, 0.3) is 0 Å². The van der Waals surface area contributed by atoms with E-state index >= 15 is 0 Å². The molecule has 0 aliphatic rings. The van der Waals surface area contributed by atoms with Crippen LogP contribution in [0.5, 0.6) is 5.75 Å². The lowest BCUT2D eigenvalue weighted by Gasteiger charge is -2.08. The number of aromatic nitrogens is 1. The lowest BCUT2D eigenvalue weighted by atomic mass is 10.2. The van der Waals surface area contributed by atoms with Gasteiger partial charge in [-0.05, 0) is 30.7 Å². The topological polar surface area (TPSA) is 88.5 Å². The second-order valence-corrected chi connectivity index (χ2v) is 4.42. The van der Waals surface area contributed by atoms with E-state index in [9.17, 15) is 9.59 Å². The Balaban J connectivity index is 1.92. The molecule has 0 saturated heterocycles. The van der Waals surface area contributed by atoms with Gasteiger partial charge in [0.25, 0.3) is 5.91 Å². The van der Waals surface area contributed by atoms with E-state index in [1.54, 1.807) is 6.07 Å². The molecule has 1 heterocycles. The standard InChI is InChI=1S/C15H14N2O4/c1-10-3-2-4-12(5-10)17-14(18)9-21-13-6-11(15(19)20)7-16-8-13/h2-8H,9H2,1H3,(H,17,18)(H,19,20). The van der Waals surface area contributed by atoms with Gasteiger partial charge in [0, 0.05) is 11.9 Å². The number of amides is 1. The fraction of sp³-hybridized carbons (Fsp3) is 0.133. The number of anilines is 1. The Bertz CT molecular complexity index is 670. The molecule has 0 aliphatic carbocycles. The molecule has 6 nitrogen and oxygen atoms in total. The van der Waals surface area contributed by atoms with Crippen LogP contribution in [0.2, 0.25) is 0 Å². The molecule has 2 aromatic rings. The summed E-state index contributed by atoms with van der Waals surface area (Å²) in [7, 11) is 0. The quantitative estimate of drug-likeness (QED) is 0.878. The van der Waals surface area contributed by atoms with E-state index in [0.29, 0.717) is 5.69 Å². The zero-order chi connectivity index (χ0) is 15.2. The van der Waals surface area contributed by atoms with Crippen LogP contribution < -0.4 is 10.1 Å². The number of carbonyl (C=O) groups is 2. The number of pyridine rings is 1. The van der Waals surface area contributed by atoms with Gasteiger partial charge in [0.15, 0.2) is 6.61 Å². The largest absolute Gasteiger partial charge is 0.482 e. The van der Waals surface area contributed by atoms with Gasteiger partial charge in [-0.15, -0.1) is 0 Å². The number of carboxylic acid groups (broad SMARTS) is 1. The fourth-order valence-corrected chi connectivity index (χ4v) is 1.68. The van der Waals surface area contributed by atoms with Gasteiger partial charge >= 0.3 is 5.97 Å². The maximum absolute atomic E-state index is 11.7. The number of nitrogens with zero attached hydrogens (tertiary/aromatic N) is 1. The predicted molar refractivity (Wildman–Crippen MR) is 76.5 cm³/mol. The fourth-order valence-electron chi connectivity index (χ4n) is 1.68. The number of rotatable bonds is 5. The first-order chi connectivity index (χ1) is 10.0. The van der Waals surface area contributed by atoms with Gasteiger partial charge in [-0.1, -0.05) is 12.1 Å². The summed E-state index contributed by atoms with van der Waals surface area (Å²) in [5.41, 5.74) is 1.72. The van der Waals surface area contributed by atoms with Crippen molar-refractivity contribution < 1.29 is 19.4 Å². The van der Waals surface area contributed by atoms with Crippen molar-refractivity contribution in [1.29, 1.82) is 0 Å². The van der Waals surface area contributed by atoms with Crippen molar-refractivity contribution >= 4 is 17.6 Å². The lowest BCUT2D eigenvalue weighted by Crippen LogP contribution is -2.20. The Labute approximate surface area is 121 Å². The predicted octanol–water partition coefficient (Wildman–Crippen LogP) is 2.11. The first-order valence-corrected chi connectivity index (χ1v) is 6.22. The van der Waals surface area contributed by atoms with Crippen molar-refractivity contribution in [3.8, 4) is 5.75 Å². The third-order valence-electron chi connectivity index (χ3n) is 2.63. The summed E-state index contributed by atoms with van der Waals surface area (Å²) in [6.45, 7) is 1.70. The van der Waals surface area contributed by atoms with E-state index in [2.05, 4.69) is 10.3 Å². The van der Waals surface area contributed by atoms with Crippen LogP contribution in [0.3, 0.4) is 0 Å². The number of benzene rings is 1. The highest BCUT2D eigenvalue weighted by molar-refractivity contribution is 5.92. The number of nitrogens with one attached hydrogen (secondary N) is 1. The van der Waals surface area contributed by atoms with Gasteiger partial charge in [-0.3, -0.25) is 9.78 Å². The molecule has 0 radical (unpaired) electrons. The van der Waals surface area contributed by atoms with Crippen LogP contribution in [-0.2, 0) is 4.79 Å². The molecule has 2 N–H and O–H groups in total. The zero-order valence-electron chi connectivity index (χ0n) is 11.4. The minimum absolute atomic E-state index is 0.00610. The molecule has 0 fully saturated rings. The van der Waals surface area contributed by atoms with E-state index < -0.39 is 5.97 Å². The molecule has 0 spiro atoms. The summed E-state index contributed by atoms with van der Waals surface area (Å²) < 4.78 is 5.22. The van der Waals surface area contributed by atoms with Crippen LogP contribution in [0, 0.1) is 6.92 Å². The van der Waals surface area contributed by atoms with Crippen molar-refractivity contribution in [2.45, 2.75) is 6.92 Å². The summed E-state index contributed by atoms with van der Waals surface area (Å²) in [4.78, 5) is 26.3. The summed E-state index contributed by atoms with van der Waals surface area (Å²) in [6.07, 6.45) is 2.56. The maximum Gasteiger partial charge on any atom is 0.337 e. The van der Waals surface area contributed by atoms with Crippen LogP contribution in [-0.4, -0.2) is 28.6 Å². The zero-order valence-corrected chi connectivity index (χ0v) is 11.4. The number of hydrogen-bond acceptors (Lipinski definition) is 4. The Morgan fingerprint density at radius 3 is 2.81 bits per heavy atom. The van der Waals surface area contributed by atoms with E-state index in [4.69, 9.17) is 9.84 Å². The Hall–Kier alpha value is -2.89. The summed E-state index contributed by atoms with van der Waals surface area (Å²) in [5, 5.41) is 11.5. The first kappa shape index (κ1) is 14.5. The normalized spacial score (nSPS) is 9.95. The number of carbonyl (C=O) groups excluding carboxylic acids is 1. The van der Waals surface area contributed by atoms with E-state index in [-0.39, 0.29) is 23.8 Å². The second kappa shape index (κ2) is 6.51. The Kier molecular flexibility index (Phi) is 4.50. The molecular formula is C15H14N2O4. The number of aryl methyl sites for hydroxylation is 1. The van der Waals surface area contributed by atoms with Crippen molar-refractivity contribution in [3.63, 3.8) is 0 Å². The van der Waals surface area contributed by atoms with Crippen LogP contribution in [0.1, 0.15) is 15.9 Å². The number of hydrogen-bond donors (Lipinski definition) is 2. The molecule has 21 heavy (non-hydrogen) atoms. The molecule has 0 saturated carbocycles. The van der Waals surface area contributed by atoms with E-state index in [1.165, 1.54) is 18.5 Å². The second-order valence-electron chi connectivity index (χ2n) is 4.42. The van der Waals surface area contributed by atoms with Gasteiger partial charge < -0.3 is 15.2 Å². The average Bonchev–Trinajstić information content (AvgIpc) is 2.45. The van der Waals surface area contributed by atoms with Gasteiger partial charge in [0.2, 0.25) is 0 Å². The minimum atomic E-state index is -1.10. The summed E-state index contributed by atoms with van der Waals surface area (Å²) >= 11 is 0. The molecule has 0 bridgehead atoms. The lowest BCUT2D eigenvalue weighted by molar-refractivity contribution is -0.118. The van der Waals surface area contributed by atoms with E-state index in [0.717, 1.165) is 5.56 Å². The van der Waals surface area contributed by atoms with Crippen LogP contribution in [0.15, 0.2) is 42.7 Å². The van der Waals surface area contributed by atoms with Gasteiger partial charge in [0.05, 0.1) is 11.8 Å². The highest BCUT2D eigenvalue weighted by Crippen LogP contribution is 2.12. The Morgan fingerprint density at radius 2 is 2.10 bits per heavy atom. The number of carboxylic acids is 1. The average molecular weight is 286 g/mol. The van der Waals surface area contributed by atoms with Gasteiger partial charge in [0.1, 0.15) is 5.75 Å². The van der Waals surface area contributed by atoms with Crippen molar-refractivity contribution in [3.05, 3.63) is 53.9 Å². The summed E-state index contributed by atoms with van der Waals surface area (Å²) in [6, 6.07) is 8.69. The molecular weight excluding hydrogens is 272 g/mol. The number of aromatic carboxylic acids is 1. The first-order valence-electron chi connectivity index (χ1n) is 6.22. The molecule has 1 aromatic carbocycles. The Morgan fingerprint density at radius 1 is 1.29 bits per heavy atom. The molecule has 6 heteroatoms. The third-order valence-corrected chi connectivity index (χ3v) is 2.63. The molecule has 1 amide bonds. The van der Waals surface area contributed by atoms with E-state index in [1.807, 2.05) is 25.1 Å². The third kappa shape index (κ3) is 4.31. The monoisotopic (exact) mass is 286 g/mol. The van der Waals surface area contributed by atoms with Crippen LogP contribution >= 0.6 is 0 Å². The number of ether oxygens (including phenoxy) is 1. The highest BCUT2D eigenvalue weighted by Gasteiger charge is 2.07. The van der Waals surface area contributed by atoms with Crippen molar-refractivity contribution in [1.82, 2.24) is 4.98 Å². The van der Waals surface area contributed by atoms with Crippen molar-refractivity contribution in [2.75, 3.05) is 11.9 Å². The van der Waals surface area contributed by atoms with Crippen molar-refractivity contribution in [2.24, 2.45) is 0 Å². The van der Waals surface area contributed by atoms with Gasteiger partial charge in [-0.2, -0.15) is 0 Å². The van der Waals surface area contributed by atoms with Gasteiger partial charge in [-0.25, -0.2) is 4.79 Å². The van der Waals surface area contributed by atoms with Crippen LogP contribution in [0.4, 0.5) is 5.69 Å². The smallest absolute Gasteiger partial charge is 0.337 e. The maximum atomic E-state index is 11.7. The molecule has 0 atom stereocenters.